The number of rotatable bonds is 4. The number of hydrogen-bond acceptors (Lipinski definition) is 6. The van der Waals surface area contributed by atoms with Crippen LogP contribution in [0.4, 0.5) is 0 Å². The molecule has 0 unspecified atom stereocenters. The van der Waals surface area contributed by atoms with Crippen molar-refractivity contribution in [2.24, 2.45) is 5.73 Å². The second-order valence-electron chi connectivity index (χ2n) is 6.81. The van der Waals surface area contributed by atoms with Gasteiger partial charge in [0.2, 0.25) is 5.89 Å². The molecular weight excluding hydrogens is 270 g/mol. The van der Waals surface area contributed by atoms with Crippen molar-refractivity contribution in [1.29, 1.82) is 0 Å². The van der Waals surface area contributed by atoms with Crippen LogP contribution in [-0.2, 0) is 21.5 Å². The van der Waals surface area contributed by atoms with Gasteiger partial charge in [-0.2, -0.15) is 4.98 Å². The number of carbonyl (C=O) groups excluding carboxylic acids is 1. The van der Waals surface area contributed by atoms with Gasteiger partial charge in [-0.25, -0.2) is 0 Å². The van der Waals surface area contributed by atoms with Crippen molar-refractivity contribution in [3.8, 4) is 0 Å². The monoisotopic (exact) mass is 295 g/mol. The fraction of sp³-hybridized carbons (Fsp3) is 0.800. The van der Waals surface area contributed by atoms with Crippen LogP contribution in [0.15, 0.2) is 4.52 Å². The lowest BCUT2D eigenvalue weighted by molar-refractivity contribution is -0.154. The summed E-state index contributed by atoms with van der Waals surface area (Å²) in [5.74, 6) is 0.759. The van der Waals surface area contributed by atoms with E-state index in [1.54, 1.807) is 0 Å². The lowest BCUT2D eigenvalue weighted by Crippen LogP contribution is -2.39. The Balaban J connectivity index is 1.90. The zero-order chi connectivity index (χ0) is 15.5. The van der Waals surface area contributed by atoms with Crippen LogP contribution in [0.2, 0.25) is 0 Å². The SMILES string of the molecule is CC(C)(C)OC(=O)CCc1nc(C2(N)CCCCC2)no1. The van der Waals surface area contributed by atoms with E-state index in [1.807, 2.05) is 20.8 Å². The van der Waals surface area contributed by atoms with Gasteiger partial charge in [0.25, 0.3) is 0 Å². The van der Waals surface area contributed by atoms with E-state index < -0.39 is 11.1 Å². The van der Waals surface area contributed by atoms with Gasteiger partial charge in [-0.3, -0.25) is 4.79 Å². The Kier molecular flexibility index (Phi) is 4.66. The first-order valence-electron chi connectivity index (χ1n) is 7.62. The molecule has 0 amide bonds. The van der Waals surface area contributed by atoms with Gasteiger partial charge in [0, 0.05) is 6.42 Å². The number of hydrogen-bond donors (Lipinski definition) is 1. The summed E-state index contributed by atoms with van der Waals surface area (Å²) in [7, 11) is 0. The third kappa shape index (κ3) is 4.52. The molecular formula is C15H25N3O3. The van der Waals surface area contributed by atoms with E-state index in [-0.39, 0.29) is 12.4 Å². The highest BCUT2D eigenvalue weighted by molar-refractivity contribution is 5.70. The summed E-state index contributed by atoms with van der Waals surface area (Å²) in [6.45, 7) is 5.53. The molecule has 0 radical (unpaired) electrons. The zero-order valence-corrected chi connectivity index (χ0v) is 13.1. The van der Waals surface area contributed by atoms with Crippen LogP contribution in [0, 0.1) is 0 Å². The van der Waals surface area contributed by atoms with Gasteiger partial charge in [-0.1, -0.05) is 24.4 Å². The Morgan fingerprint density at radius 1 is 1.33 bits per heavy atom. The highest BCUT2D eigenvalue weighted by atomic mass is 16.6. The number of nitrogens with zero attached hydrogens (tertiary/aromatic N) is 2. The van der Waals surface area contributed by atoms with Crippen LogP contribution < -0.4 is 5.73 Å². The van der Waals surface area contributed by atoms with Crippen LogP contribution in [0.3, 0.4) is 0 Å². The maximum atomic E-state index is 11.7. The highest BCUT2D eigenvalue weighted by Crippen LogP contribution is 2.33. The van der Waals surface area contributed by atoms with Crippen molar-refractivity contribution in [1.82, 2.24) is 10.1 Å². The van der Waals surface area contributed by atoms with Crippen molar-refractivity contribution in [3.05, 3.63) is 11.7 Å². The molecule has 0 bridgehead atoms. The Bertz CT molecular complexity index is 485. The quantitative estimate of drug-likeness (QED) is 0.858. The van der Waals surface area contributed by atoms with Gasteiger partial charge in [0.15, 0.2) is 5.82 Å². The summed E-state index contributed by atoms with van der Waals surface area (Å²) < 4.78 is 10.5. The number of aryl methyl sites for hydroxylation is 1. The Labute approximate surface area is 125 Å². The van der Waals surface area contributed by atoms with Crippen molar-refractivity contribution in [2.45, 2.75) is 76.9 Å². The van der Waals surface area contributed by atoms with Crippen LogP contribution in [0.25, 0.3) is 0 Å². The second kappa shape index (κ2) is 6.13. The summed E-state index contributed by atoms with van der Waals surface area (Å²) >= 11 is 0. The molecule has 1 aromatic heterocycles. The van der Waals surface area contributed by atoms with Gasteiger partial charge in [0.1, 0.15) is 5.60 Å². The van der Waals surface area contributed by atoms with E-state index >= 15 is 0 Å². The maximum absolute atomic E-state index is 11.7. The smallest absolute Gasteiger partial charge is 0.306 e. The Hall–Kier alpha value is -1.43. The summed E-state index contributed by atoms with van der Waals surface area (Å²) in [5, 5.41) is 4.00. The summed E-state index contributed by atoms with van der Waals surface area (Å²) in [6.07, 6.45) is 5.80. The summed E-state index contributed by atoms with van der Waals surface area (Å²) in [6, 6.07) is 0. The molecule has 1 saturated carbocycles. The average molecular weight is 295 g/mol. The van der Waals surface area contributed by atoms with E-state index in [1.165, 1.54) is 6.42 Å². The molecule has 21 heavy (non-hydrogen) atoms. The van der Waals surface area contributed by atoms with Gasteiger partial charge < -0.3 is 15.0 Å². The Morgan fingerprint density at radius 3 is 2.62 bits per heavy atom. The molecule has 0 spiro atoms. The molecule has 1 fully saturated rings. The summed E-state index contributed by atoms with van der Waals surface area (Å²) in [4.78, 5) is 16.0. The third-order valence-corrected chi connectivity index (χ3v) is 3.62. The highest BCUT2D eigenvalue weighted by Gasteiger charge is 2.34. The lowest BCUT2D eigenvalue weighted by Gasteiger charge is -2.29. The molecule has 1 aromatic rings. The van der Waals surface area contributed by atoms with Crippen molar-refractivity contribution >= 4 is 5.97 Å². The molecule has 0 saturated heterocycles. The number of nitrogens with two attached hydrogens (primary N) is 1. The van der Waals surface area contributed by atoms with E-state index in [4.69, 9.17) is 15.0 Å². The molecule has 1 heterocycles. The fourth-order valence-corrected chi connectivity index (χ4v) is 2.57. The van der Waals surface area contributed by atoms with Gasteiger partial charge >= 0.3 is 5.97 Å². The van der Waals surface area contributed by atoms with E-state index in [0.29, 0.717) is 18.1 Å². The minimum atomic E-state index is -0.472. The maximum Gasteiger partial charge on any atom is 0.306 e. The number of esters is 1. The predicted octanol–water partition coefficient (Wildman–Crippen LogP) is 2.46. The minimum Gasteiger partial charge on any atom is -0.460 e. The van der Waals surface area contributed by atoms with E-state index in [0.717, 1.165) is 25.7 Å². The molecule has 0 aliphatic heterocycles. The largest absolute Gasteiger partial charge is 0.460 e. The normalized spacial score (nSPS) is 18.5. The number of ether oxygens (including phenoxy) is 1. The van der Waals surface area contributed by atoms with Crippen molar-refractivity contribution in [2.75, 3.05) is 0 Å². The number of aromatic nitrogens is 2. The molecule has 0 aromatic carbocycles. The molecule has 1 aliphatic carbocycles. The van der Waals surface area contributed by atoms with Crippen LogP contribution in [-0.4, -0.2) is 21.7 Å². The van der Waals surface area contributed by atoms with Gasteiger partial charge in [-0.15, -0.1) is 0 Å². The first-order chi connectivity index (χ1) is 9.78. The predicted molar refractivity (Wildman–Crippen MR) is 77.4 cm³/mol. The first-order valence-corrected chi connectivity index (χ1v) is 7.62. The van der Waals surface area contributed by atoms with Crippen molar-refractivity contribution < 1.29 is 14.1 Å². The second-order valence-corrected chi connectivity index (χ2v) is 6.81. The van der Waals surface area contributed by atoms with Gasteiger partial charge in [-0.05, 0) is 33.6 Å². The molecule has 0 atom stereocenters. The number of carbonyl (C=O) groups is 1. The molecule has 2 N–H and O–H groups in total. The summed E-state index contributed by atoms with van der Waals surface area (Å²) in [5.41, 5.74) is 5.42. The molecule has 1 aliphatic rings. The molecule has 2 rings (SSSR count). The molecule has 6 heteroatoms. The fourth-order valence-electron chi connectivity index (χ4n) is 2.57. The molecule has 6 nitrogen and oxygen atoms in total. The Morgan fingerprint density at radius 2 is 2.00 bits per heavy atom. The van der Waals surface area contributed by atoms with Crippen molar-refractivity contribution in [3.63, 3.8) is 0 Å². The third-order valence-electron chi connectivity index (χ3n) is 3.62. The average Bonchev–Trinajstić information content (AvgIpc) is 2.85. The van der Waals surface area contributed by atoms with Crippen LogP contribution in [0.5, 0.6) is 0 Å². The molecule has 118 valence electrons. The van der Waals surface area contributed by atoms with E-state index in [9.17, 15) is 4.79 Å². The topological polar surface area (TPSA) is 91.2 Å². The van der Waals surface area contributed by atoms with Gasteiger partial charge in [0.05, 0.1) is 12.0 Å². The van der Waals surface area contributed by atoms with Crippen LogP contribution in [0.1, 0.15) is 71.0 Å². The first kappa shape index (κ1) is 15.9. The van der Waals surface area contributed by atoms with Crippen LogP contribution >= 0.6 is 0 Å². The standard InChI is InChI=1S/C15H25N3O3/c1-14(2,3)20-12(19)8-7-11-17-13(18-21-11)15(16)9-5-4-6-10-15/h4-10,16H2,1-3H3. The zero-order valence-electron chi connectivity index (χ0n) is 13.1. The minimum absolute atomic E-state index is 0.233. The van der Waals surface area contributed by atoms with E-state index in [2.05, 4.69) is 10.1 Å². The lowest BCUT2D eigenvalue weighted by atomic mass is 9.82.